The Labute approximate surface area is 91.0 Å². The SMILES string of the molecule is CCCC(=O)C1CC2CCCC(C1)S2. The van der Waals surface area contributed by atoms with Gasteiger partial charge in [-0.25, -0.2) is 0 Å². The third-order valence-corrected chi connectivity index (χ3v) is 5.11. The molecule has 0 saturated carbocycles. The summed E-state index contributed by atoms with van der Waals surface area (Å²) in [5, 5.41) is 1.63. The van der Waals surface area contributed by atoms with E-state index >= 15 is 0 Å². The monoisotopic (exact) mass is 212 g/mol. The first-order chi connectivity index (χ1) is 6.79. The Kier molecular flexibility index (Phi) is 3.53. The largest absolute Gasteiger partial charge is 0.299 e. The number of ketones is 1. The Morgan fingerprint density at radius 3 is 2.50 bits per heavy atom. The highest BCUT2D eigenvalue weighted by Gasteiger charge is 2.34. The predicted octanol–water partition coefficient (Wildman–Crippen LogP) is 3.42. The quantitative estimate of drug-likeness (QED) is 0.713. The lowest BCUT2D eigenvalue weighted by molar-refractivity contribution is -0.123. The van der Waals surface area contributed by atoms with Crippen LogP contribution in [0.4, 0.5) is 0 Å². The molecule has 0 aromatic rings. The van der Waals surface area contributed by atoms with Crippen LogP contribution in [0.2, 0.25) is 0 Å². The van der Waals surface area contributed by atoms with Gasteiger partial charge in [-0.3, -0.25) is 4.79 Å². The summed E-state index contributed by atoms with van der Waals surface area (Å²) >= 11 is 2.16. The van der Waals surface area contributed by atoms with Crippen molar-refractivity contribution in [2.24, 2.45) is 5.92 Å². The molecule has 2 aliphatic rings. The van der Waals surface area contributed by atoms with E-state index in [0.29, 0.717) is 11.7 Å². The molecule has 2 fully saturated rings. The molecule has 0 aromatic heterocycles. The van der Waals surface area contributed by atoms with Gasteiger partial charge in [-0.15, -0.1) is 0 Å². The van der Waals surface area contributed by atoms with Gasteiger partial charge in [0.1, 0.15) is 5.78 Å². The van der Waals surface area contributed by atoms with Crippen LogP contribution in [0.15, 0.2) is 0 Å². The zero-order valence-corrected chi connectivity index (χ0v) is 9.81. The highest BCUT2D eigenvalue weighted by atomic mass is 32.2. The van der Waals surface area contributed by atoms with Crippen LogP contribution in [0.1, 0.15) is 51.9 Å². The van der Waals surface area contributed by atoms with Crippen LogP contribution < -0.4 is 0 Å². The first kappa shape index (κ1) is 10.5. The molecule has 0 spiro atoms. The number of thioether (sulfide) groups is 1. The van der Waals surface area contributed by atoms with Crippen molar-refractivity contribution in [2.45, 2.75) is 62.4 Å². The third kappa shape index (κ3) is 2.33. The van der Waals surface area contributed by atoms with E-state index < -0.39 is 0 Å². The van der Waals surface area contributed by atoms with E-state index in [4.69, 9.17) is 0 Å². The van der Waals surface area contributed by atoms with Crippen molar-refractivity contribution in [3.05, 3.63) is 0 Å². The van der Waals surface area contributed by atoms with Crippen molar-refractivity contribution in [3.63, 3.8) is 0 Å². The maximum absolute atomic E-state index is 11.8. The Morgan fingerprint density at radius 2 is 1.93 bits per heavy atom. The second kappa shape index (κ2) is 4.69. The third-order valence-electron chi connectivity index (χ3n) is 3.48. The molecule has 80 valence electrons. The van der Waals surface area contributed by atoms with Gasteiger partial charge in [0.15, 0.2) is 0 Å². The molecule has 1 nitrogen and oxygen atoms in total. The Bertz CT molecular complexity index is 202. The minimum absolute atomic E-state index is 0.423. The van der Waals surface area contributed by atoms with Gasteiger partial charge in [0.25, 0.3) is 0 Å². The predicted molar refractivity (Wildman–Crippen MR) is 61.7 cm³/mol. The van der Waals surface area contributed by atoms with Gasteiger partial charge in [0.05, 0.1) is 0 Å². The van der Waals surface area contributed by atoms with Crippen LogP contribution in [-0.4, -0.2) is 16.3 Å². The van der Waals surface area contributed by atoms with E-state index in [1.165, 1.54) is 32.1 Å². The molecule has 0 amide bonds. The smallest absolute Gasteiger partial charge is 0.136 e. The molecule has 14 heavy (non-hydrogen) atoms. The number of carbonyl (C=O) groups is 1. The summed E-state index contributed by atoms with van der Waals surface area (Å²) in [5.74, 6) is 0.969. The number of hydrogen-bond acceptors (Lipinski definition) is 2. The molecule has 2 heterocycles. The minimum Gasteiger partial charge on any atom is -0.299 e. The summed E-state index contributed by atoms with van der Waals surface area (Å²) in [4.78, 5) is 11.8. The summed E-state index contributed by atoms with van der Waals surface area (Å²) < 4.78 is 0. The van der Waals surface area contributed by atoms with Gasteiger partial charge in [-0.1, -0.05) is 13.3 Å². The molecule has 2 rings (SSSR count). The van der Waals surface area contributed by atoms with Crippen LogP contribution in [0.5, 0.6) is 0 Å². The first-order valence-electron chi connectivity index (χ1n) is 5.97. The molecule has 2 saturated heterocycles. The van der Waals surface area contributed by atoms with Crippen molar-refractivity contribution in [3.8, 4) is 0 Å². The fourth-order valence-electron chi connectivity index (χ4n) is 2.77. The topological polar surface area (TPSA) is 17.1 Å². The molecule has 0 radical (unpaired) electrons. The van der Waals surface area contributed by atoms with E-state index in [9.17, 15) is 4.79 Å². The fraction of sp³-hybridized carbons (Fsp3) is 0.917. The molecule has 2 unspecified atom stereocenters. The normalized spacial score (nSPS) is 36.8. The highest BCUT2D eigenvalue weighted by molar-refractivity contribution is 8.00. The van der Waals surface area contributed by atoms with Crippen molar-refractivity contribution >= 4 is 17.5 Å². The number of fused-ring (bicyclic) bond motifs is 2. The molecule has 2 bridgehead atoms. The first-order valence-corrected chi connectivity index (χ1v) is 6.92. The maximum atomic E-state index is 11.8. The Hall–Kier alpha value is 0.0200. The molecule has 2 atom stereocenters. The standard InChI is InChI=1S/C12H20OS/c1-2-4-12(13)9-7-10-5-3-6-11(8-9)14-10/h9-11H,2-8H2,1H3. The zero-order valence-electron chi connectivity index (χ0n) is 9.00. The summed E-state index contributed by atoms with van der Waals surface area (Å²) in [6, 6.07) is 0. The van der Waals surface area contributed by atoms with Crippen LogP contribution in [-0.2, 0) is 4.79 Å². The number of Topliss-reactive ketones (excluding diaryl/α,β-unsaturated/α-hetero) is 1. The second-order valence-electron chi connectivity index (χ2n) is 4.70. The average molecular weight is 212 g/mol. The fourth-order valence-corrected chi connectivity index (χ4v) is 4.61. The van der Waals surface area contributed by atoms with Crippen molar-refractivity contribution < 1.29 is 4.79 Å². The van der Waals surface area contributed by atoms with Crippen molar-refractivity contribution in [1.29, 1.82) is 0 Å². The van der Waals surface area contributed by atoms with Crippen LogP contribution in [0, 0.1) is 5.92 Å². The van der Waals surface area contributed by atoms with E-state index in [1.807, 2.05) is 0 Å². The number of hydrogen-bond donors (Lipinski definition) is 0. The van der Waals surface area contributed by atoms with Crippen molar-refractivity contribution in [1.82, 2.24) is 0 Å². The van der Waals surface area contributed by atoms with Gasteiger partial charge >= 0.3 is 0 Å². The van der Waals surface area contributed by atoms with Crippen LogP contribution >= 0.6 is 11.8 Å². The van der Waals surface area contributed by atoms with E-state index in [2.05, 4.69) is 18.7 Å². The summed E-state index contributed by atoms with van der Waals surface area (Å²) in [6.45, 7) is 2.11. The van der Waals surface area contributed by atoms with E-state index in [0.717, 1.165) is 23.3 Å². The van der Waals surface area contributed by atoms with Gasteiger partial charge in [0, 0.05) is 22.8 Å². The lowest BCUT2D eigenvalue weighted by Gasteiger charge is -2.37. The number of carbonyl (C=O) groups excluding carboxylic acids is 1. The Balaban J connectivity index is 1.91. The molecule has 2 heteroatoms. The summed E-state index contributed by atoms with van der Waals surface area (Å²) in [6.07, 6.45) is 8.32. The van der Waals surface area contributed by atoms with Gasteiger partial charge < -0.3 is 0 Å². The lowest BCUT2D eigenvalue weighted by Crippen LogP contribution is -2.32. The maximum Gasteiger partial charge on any atom is 0.136 e. The summed E-state index contributed by atoms with van der Waals surface area (Å²) in [5.41, 5.74) is 0. The molecule has 0 N–H and O–H groups in total. The van der Waals surface area contributed by atoms with E-state index in [-0.39, 0.29) is 0 Å². The highest BCUT2D eigenvalue weighted by Crippen LogP contribution is 2.44. The van der Waals surface area contributed by atoms with Gasteiger partial charge in [-0.05, 0) is 32.1 Å². The van der Waals surface area contributed by atoms with Gasteiger partial charge in [0.2, 0.25) is 0 Å². The number of rotatable bonds is 3. The molecule has 0 aliphatic carbocycles. The molecular formula is C12H20OS. The summed E-state index contributed by atoms with van der Waals surface area (Å²) in [7, 11) is 0. The van der Waals surface area contributed by atoms with Crippen molar-refractivity contribution in [2.75, 3.05) is 0 Å². The van der Waals surface area contributed by atoms with Crippen LogP contribution in [0.25, 0.3) is 0 Å². The molecule has 2 aliphatic heterocycles. The molecule has 0 aromatic carbocycles. The molecular weight excluding hydrogens is 192 g/mol. The second-order valence-corrected chi connectivity index (χ2v) is 6.30. The van der Waals surface area contributed by atoms with Crippen LogP contribution in [0.3, 0.4) is 0 Å². The Morgan fingerprint density at radius 1 is 1.29 bits per heavy atom. The van der Waals surface area contributed by atoms with E-state index in [1.54, 1.807) is 0 Å². The minimum atomic E-state index is 0.423. The van der Waals surface area contributed by atoms with Gasteiger partial charge in [-0.2, -0.15) is 11.8 Å². The zero-order chi connectivity index (χ0) is 9.97. The average Bonchev–Trinajstić information content (AvgIpc) is 2.17. The lowest BCUT2D eigenvalue weighted by atomic mass is 9.85.